The second-order valence-electron chi connectivity index (χ2n) is 6.66. The highest BCUT2D eigenvalue weighted by Gasteiger charge is 2.35. The third-order valence-electron chi connectivity index (χ3n) is 4.70. The first kappa shape index (κ1) is 22.1. The van der Waals surface area contributed by atoms with Crippen molar-refractivity contribution in [3.63, 3.8) is 0 Å². The van der Waals surface area contributed by atoms with E-state index in [-0.39, 0.29) is 27.5 Å². The number of carbonyl (C=O) groups is 3. The maximum atomic E-state index is 13.4. The quantitative estimate of drug-likeness (QED) is 0.435. The van der Waals surface area contributed by atoms with Gasteiger partial charge in [0, 0.05) is 6.07 Å². The van der Waals surface area contributed by atoms with E-state index in [1.165, 1.54) is 11.4 Å². The standard InChI is InChI=1S/C20H12F3N3O6S/c1-31-19(30)15-12(4-5-33-15)32-11-3-2-8(20(21,22)23)6-10(11)26-13(27)7-9-14(16(26)24)18(29)25-17(9)28/h2-7H,24H2,1H3,(H,25,28,29). The van der Waals surface area contributed by atoms with Gasteiger partial charge in [0.2, 0.25) is 0 Å². The van der Waals surface area contributed by atoms with E-state index in [9.17, 15) is 32.3 Å². The molecule has 3 heterocycles. The number of carbonyl (C=O) groups excluding carboxylic acids is 3. The minimum Gasteiger partial charge on any atom is -0.465 e. The fourth-order valence-corrected chi connectivity index (χ4v) is 3.95. The Morgan fingerprint density at radius 3 is 2.48 bits per heavy atom. The molecule has 2 amide bonds. The largest absolute Gasteiger partial charge is 0.465 e. The lowest BCUT2D eigenvalue weighted by Gasteiger charge is -2.18. The van der Waals surface area contributed by atoms with E-state index in [0.717, 1.165) is 30.6 Å². The lowest BCUT2D eigenvalue weighted by molar-refractivity contribution is -0.137. The number of imide groups is 1. The molecule has 13 heteroatoms. The number of pyridine rings is 1. The Balaban J connectivity index is 1.95. The van der Waals surface area contributed by atoms with Crippen molar-refractivity contribution in [2.45, 2.75) is 6.18 Å². The van der Waals surface area contributed by atoms with Gasteiger partial charge in [0.05, 0.1) is 29.5 Å². The van der Waals surface area contributed by atoms with Crippen LogP contribution in [0.15, 0.2) is 40.5 Å². The summed E-state index contributed by atoms with van der Waals surface area (Å²) in [5, 5.41) is 3.47. The van der Waals surface area contributed by atoms with Crippen LogP contribution in [0.4, 0.5) is 19.0 Å². The molecule has 4 rings (SSSR count). The van der Waals surface area contributed by atoms with Gasteiger partial charge in [-0.2, -0.15) is 13.2 Å². The molecule has 1 aromatic carbocycles. The average Bonchev–Trinajstić information content (AvgIpc) is 3.31. The van der Waals surface area contributed by atoms with Crippen LogP contribution in [0.2, 0.25) is 0 Å². The topological polar surface area (TPSA) is 130 Å². The molecule has 3 N–H and O–H groups in total. The Bertz CT molecular complexity index is 1390. The number of amides is 2. The predicted octanol–water partition coefficient (Wildman–Crippen LogP) is 2.96. The van der Waals surface area contributed by atoms with E-state index in [1.807, 2.05) is 5.32 Å². The van der Waals surface area contributed by atoms with Gasteiger partial charge in [0.25, 0.3) is 17.4 Å². The molecule has 33 heavy (non-hydrogen) atoms. The summed E-state index contributed by atoms with van der Waals surface area (Å²) in [4.78, 5) is 48.7. The van der Waals surface area contributed by atoms with Crippen molar-refractivity contribution in [3.05, 3.63) is 67.6 Å². The lowest BCUT2D eigenvalue weighted by atomic mass is 10.1. The SMILES string of the molecule is COC(=O)c1sccc1Oc1ccc(C(F)(F)F)cc1-n1c(N)c2c(cc1=O)C(=O)NC2=O. The minimum atomic E-state index is -4.78. The van der Waals surface area contributed by atoms with Crippen LogP contribution in [0.5, 0.6) is 11.5 Å². The number of aromatic nitrogens is 1. The molecular formula is C20H12F3N3O6S. The molecule has 0 aliphatic carbocycles. The molecule has 9 nitrogen and oxygen atoms in total. The minimum absolute atomic E-state index is 0.0302. The zero-order chi connectivity index (χ0) is 24.1. The fraction of sp³-hybridized carbons (Fsp3) is 0.100. The maximum Gasteiger partial charge on any atom is 0.416 e. The molecule has 0 bridgehead atoms. The molecule has 0 atom stereocenters. The molecule has 0 radical (unpaired) electrons. The Morgan fingerprint density at radius 2 is 1.82 bits per heavy atom. The number of thiophene rings is 1. The molecule has 0 fully saturated rings. The number of ether oxygens (including phenoxy) is 2. The fourth-order valence-electron chi connectivity index (χ4n) is 3.22. The summed E-state index contributed by atoms with van der Waals surface area (Å²) < 4.78 is 51.2. The van der Waals surface area contributed by atoms with E-state index in [2.05, 4.69) is 4.74 Å². The van der Waals surface area contributed by atoms with E-state index in [0.29, 0.717) is 16.7 Å². The number of benzene rings is 1. The predicted molar refractivity (Wildman–Crippen MR) is 109 cm³/mol. The number of methoxy groups -OCH3 is 1. The van der Waals surface area contributed by atoms with Gasteiger partial charge in [0.1, 0.15) is 5.82 Å². The van der Waals surface area contributed by atoms with Crippen LogP contribution in [-0.2, 0) is 10.9 Å². The number of hydrogen-bond donors (Lipinski definition) is 2. The number of rotatable bonds is 4. The summed E-state index contributed by atoms with van der Waals surface area (Å²) in [6, 6.07) is 4.45. The monoisotopic (exact) mass is 479 g/mol. The van der Waals surface area contributed by atoms with Crippen LogP contribution in [-0.4, -0.2) is 29.5 Å². The molecule has 2 aromatic heterocycles. The lowest BCUT2D eigenvalue weighted by Crippen LogP contribution is -2.25. The summed E-state index contributed by atoms with van der Waals surface area (Å²) in [5.41, 5.74) is 2.76. The number of hydrogen-bond acceptors (Lipinski definition) is 8. The Morgan fingerprint density at radius 1 is 1.09 bits per heavy atom. The highest BCUT2D eigenvalue weighted by Crippen LogP contribution is 2.38. The Labute approximate surface area is 186 Å². The van der Waals surface area contributed by atoms with Crippen LogP contribution < -0.4 is 21.3 Å². The molecule has 1 aliphatic heterocycles. The van der Waals surface area contributed by atoms with E-state index in [1.54, 1.807) is 0 Å². The smallest absolute Gasteiger partial charge is 0.416 e. The first-order chi connectivity index (χ1) is 15.5. The molecule has 0 saturated heterocycles. The second kappa shape index (κ2) is 7.78. The molecule has 170 valence electrons. The summed E-state index contributed by atoms with van der Waals surface area (Å²) >= 11 is 0.970. The molecule has 3 aromatic rings. The van der Waals surface area contributed by atoms with Crippen molar-refractivity contribution in [1.82, 2.24) is 9.88 Å². The van der Waals surface area contributed by atoms with Gasteiger partial charge in [-0.05, 0) is 29.6 Å². The Kier molecular flexibility index (Phi) is 5.20. The number of nitrogen functional groups attached to an aromatic ring is 1. The number of nitrogens with two attached hydrogens (primary N) is 1. The number of fused-ring (bicyclic) bond motifs is 1. The van der Waals surface area contributed by atoms with Crippen molar-refractivity contribution < 1.29 is 37.0 Å². The molecule has 1 aliphatic rings. The number of alkyl halides is 3. The zero-order valence-electron chi connectivity index (χ0n) is 16.5. The molecular weight excluding hydrogens is 467 g/mol. The number of nitrogens with one attached hydrogen (secondary N) is 1. The van der Waals surface area contributed by atoms with E-state index >= 15 is 0 Å². The van der Waals surface area contributed by atoms with Crippen LogP contribution in [0, 0.1) is 0 Å². The molecule has 0 spiro atoms. The number of anilines is 1. The van der Waals surface area contributed by atoms with Crippen molar-refractivity contribution in [2.75, 3.05) is 12.8 Å². The van der Waals surface area contributed by atoms with Crippen molar-refractivity contribution in [1.29, 1.82) is 0 Å². The van der Waals surface area contributed by atoms with Crippen molar-refractivity contribution in [2.24, 2.45) is 0 Å². The van der Waals surface area contributed by atoms with Gasteiger partial charge >= 0.3 is 12.1 Å². The molecule has 0 saturated carbocycles. The van der Waals surface area contributed by atoms with Crippen LogP contribution >= 0.6 is 11.3 Å². The number of halogens is 3. The van der Waals surface area contributed by atoms with Crippen LogP contribution in [0.25, 0.3) is 5.69 Å². The zero-order valence-corrected chi connectivity index (χ0v) is 17.3. The normalized spacial score (nSPS) is 13.0. The van der Waals surface area contributed by atoms with Crippen molar-refractivity contribution in [3.8, 4) is 17.2 Å². The van der Waals surface area contributed by atoms with Gasteiger partial charge in [-0.1, -0.05) is 0 Å². The Hall–Kier alpha value is -4.13. The summed E-state index contributed by atoms with van der Waals surface area (Å²) in [6.45, 7) is 0. The van der Waals surface area contributed by atoms with Crippen LogP contribution in [0.1, 0.15) is 36.0 Å². The highest BCUT2D eigenvalue weighted by atomic mass is 32.1. The number of esters is 1. The van der Waals surface area contributed by atoms with E-state index < -0.39 is 46.6 Å². The summed E-state index contributed by atoms with van der Waals surface area (Å²) in [6.07, 6.45) is -4.78. The summed E-state index contributed by atoms with van der Waals surface area (Å²) in [7, 11) is 1.15. The van der Waals surface area contributed by atoms with Gasteiger partial charge in [-0.3, -0.25) is 24.3 Å². The van der Waals surface area contributed by atoms with Gasteiger partial charge in [-0.25, -0.2) is 4.79 Å². The third-order valence-corrected chi connectivity index (χ3v) is 5.58. The van der Waals surface area contributed by atoms with Gasteiger partial charge < -0.3 is 15.2 Å². The number of nitrogens with zero attached hydrogens (tertiary/aromatic N) is 1. The van der Waals surface area contributed by atoms with Crippen molar-refractivity contribution >= 4 is 34.9 Å². The third kappa shape index (κ3) is 3.71. The van der Waals surface area contributed by atoms with Gasteiger partial charge in [-0.15, -0.1) is 11.3 Å². The summed E-state index contributed by atoms with van der Waals surface area (Å²) in [5.74, 6) is -3.35. The maximum absolute atomic E-state index is 13.4. The average molecular weight is 479 g/mol. The highest BCUT2D eigenvalue weighted by molar-refractivity contribution is 7.12. The second-order valence-corrected chi connectivity index (χ2v) is 7.58. The molecule has 0 unspecified atom stereocenters. The first-order valence-corrected chi connectivity index (χ1v) is 9.87. The van der Waals surface area contributed by atoms with E-state index in [4.69, 9.17) is 10.5 Å². The van der Waals surface area contributed by atoms with Gasteiger partial charge in [0.15, 0.2) is 16.4 Å². The first-order valence-electron chi connectivity index (χ1n) is 8.99. The van der Waals surface area contributed by atoms with Crippen LogP contribution in [0.3, 0.4) is 0 Å².